The van der Waals surface area contributed by atoms with Crippen LogP contribution in [0.25, 0.3) is 0 Å². The van der Waals surface area contributed by atoms with Crippen molar-refractivity contribution in [2.45, 2.75) is 5.03 Å². The highest BCUT2D eigenvalue weighted by Crippen LogP contribution is 2.21. The highest BCUT2D eigenvalue weighted by Gasteiger charge is 1.98. The SMILES string of the molecule is CSc1nnsc1N. The molecule has 1 aromatic rings. The van der Waals surface area contributed by atoms with Gasteiger partial charge >= 0.3 is 0 Å². The van der Waals surface area contributed by atoms with E-state index in [1.807, 2.05) is 6.26 Å². The number of thioether (sulfide) groups is 1. The van der Waals surface area contributed by atoms with Crippen molar-refractivity contribution in [3.63, 3.8) is 0 Å². The number of aromatic nitrogens is 2. The smallest absolute Gasteiger partial charge is 0.154 e. The number of nitrogen functional groups attached to an aromatic ring is 1. The molecule has 8 heavy (non-hydrogen) atoms. The summed E-state index contributed by atoms with van der Waals surface area (Å²) in [6.07, 6.45) is 1.92. The van der Waals surface area contributed by atoms with Gasteiger partial charge in [0.15, 0.2) is 5.03 Å². The molecule has 0 bridgehead atoms. The van der Waals surface area contributed by atoms with Crippen LogP contribution in [0.15, 0.2) is 5.03 Å². The van der Waals surface area contributed by atoms with Crippen LogP contribution >= 0.6 is 23.3 Å². The fraction of sp³-hybridized carbons (Fsp3) is 0.333. The van der Waals surface area contributed by atoms with Gasteiger partial charge in [-0.1, -0.05) is 4.49 Å². The van der Waals surface area contributed by atoms with Gasteiger partial charge in [0.2, 0.25) is 0 Å². The van der Waals surface area contributed by atoms with E-state index in [1.165, 1.54) is 23.3 Å². The highest BCUT2D eigenvalue weighted by atomic mass is 32.2. The van der Waals surface area contributed by atoms with E-state index in [-0.39, 0.29) is 0 Å². The molecule has 0 aromatic carbocycles. The fourth-order valence-electron chi connectivity index (χ4n) is 0.331. The Labute approximate surface area is 55.4 Å². The van der Waals surface area contributed by atoms with Gasteiger partial charge in [-0.2, -0.15) is 0 Å². The molecule has 0 spiro atoms. The zero-order valence-corrected chi connectivity index (χ0v) is 5.92. The molecule has 0 saturated heterocycles. The molecule has 0 fully saturated rings. The average molecular weight is 147 g/mol. The fourth-order valence-corrected chi connectivity index (χ4v) is 1.40. The molecule has 1 aromatic heterocycles. The normalized spacial score (nSPS) is 9.62. The number of nitrogens with two attached hydrogens (primary N) is 1. The van der Waals surface area contributed by atoms with E-state index in [4.69, 9.17) is 5.73 Å². The summed E-state index contributed by atoms with van der Waals surface area (Å²) < 4.78 is 3.64. The second-order valence-electron chi connectivity index (χ2n) is 1.15. The Morgan fingerprint density at radius 1 is 1.75 bits per heavy atom. The van der Waals surface area contributed by atoms with Gasteiger partial charge in [-0.15, -0.1) is 16.9 Å². The maximum Gasteiger partial charge on any atom is 0.154 e. The second-order valence-corrected chi connectivity index (χ2v) is 2.73. The Bertz CT molecular complexity index is 173. The van der Waals surface area contributed by atoms with Gasteiger partial charge < -0.3 is 5.73 Å². The Balaban J connectivity index is 2.92. The lowest BCUT2D eigenvalue weighted by Crippen LogP contribution is -1.80. The van der Waals surface area contributed by atoms with Gasteiger partial charge in [0.1, 0.15) is 5.00 Å². The summed E-state index contributed by atoms with van der Waals surface area (Å²) in [5.41, 5.74) is 5.42. The molecule has 44 valence electrons. The number of hydrogen-bond donors (Lipinski definition) is 1. The summed E-state index contributed by atoms with van der Waals surface area (Å²) >= 11 is 2.74. The molecule has 0 aliphatic rings. The van der Waals surface area contributed by atoms with E-state index in [9.17, 15) is 0 Å². The second kappa shape index (κ2) is 2.32. The van der Waals surface area contributed by atoms with Crippen LogP contribution < -0.4 is 5.73 Å². The van der Waals surface area contributed by atoms with Crippen molar-refractivity contribution >= 4 is 28.3 Å². The van der Waals surface area contributed by atoms with Gasteiger partial charge in [-0.25, -0.2) is 0 Å². The molecule has 2 N–H and O–H groups in total. The van der Waals surface area contributed by atoms with Gasteiger partial charge in [-0.3, -0.25) is 0 Å². The van der Waals surface area contributed by atoms with E-state index in [0.29, 0.717) is 5.00 Å². The first-order chi connectivity index (χ1) is 3.84. The zero-order chi connectivity index (χ0) is 5.98. The minimum atomic E-state index is 0.706. The molecular formula is C3H5N3S2. The predicted octanol–water partition coefficient (Wildman–Crippen LogP) is 0.842. The molecule has 0 saturated carbocycles. The quantitative estimate of drug-likeness (QED) is 0.598. The zero-order valence-electron chi connectivity index (χ0n) is 4.29. The average Bonchev–Trinajstić information content (AvgIpc) is 2.14. The van der Waals surface area contributed by atoms with E-state index in [1.54, 1.807) is 0 Å². The highest BCUT2D eigenvalue weighted by molar-refractivity contribution is 7.98. The molecule has 3 nitrogen and oxygen atoms in total. The van der Waals surface area contributed by atoms with E-state index in [2.05, 4.69) is 9.59 Å². The van der Waals surface area contributed by atoms with Crippen molar-refractivity contribution in [2.24, 2.45) is 0 Å². The summed E-state index contributed by atoms with van der Waals surface area (Å²) in [5, 5.41) is 5.28. The molecule has 0 unspecified atom stereocenters. The van der Waals surface area contributed by atoms with Crippen molar-refractivity contribution < 1.29 is 0 Å². The minimum absolute atomic E-state index is 0.706. The summed E-state index contributed by atoms with van der Waals surface area (Å²) in [6, 6.07) is 0. The van der Waals surface area contributed by atoms with Gasteiger partial charge in [0.25, 0.3) is 0 Å². The number of hydrogen-bond acceptors (Lipinski definition) is 5. The third-order valence-corrected chi connectivity index (χ3v) is 2.05. The summed E-state index contributed by atoms with van der Waals surface area (Å²) in [5.74, 6) is 0. The molecule has 0 atom stereocenters. The molecule has 5 heteroatoms. The Kier molecular flexibility index (Phi) is 1.69. The van der Waals surface area contributed by atoms with Crippen LogP contribution in [-0.2, 0) is 0 Å². The molecule has 1 heterocycles. The van der Waals surface area contributed by atoms with Gasteiger partial charge in [0.05, 0.1) is 0 Å². The van der Waals surface area contributed by atoms with Crippen molar-refractivity contribution in [1.82, 2.24) is 9.59 Å². The summed E-state index contributed by atoms with van der Waals surface area (Å²) in [7, 11) is 0. The van der Waals surface area contributed by atoms with Crippen molar-refractivity contribution in [2.75, 3.05) is 12.0 Å². The predicted molar refractivity (Wildman–Crippen MR) is 36.1 cm³/mol. The topological polar surface area (TPSA) is 51.8 Å². The Morgan fingerprint density at radius 2 is 2.50 bits per heavy atom. The monoisotopic (exact) mass is 147 g/mol. The maximum atomic E-state index is 5.42. The third kappa shape index (κ3) is 0.924. The molecule has 0 aliphatic heterocycles. The van der Waals surface area contributed by atoms with Gasteiger partial charge in [0, 0.05) is 11.5 Å². The number of anilines is 1. The van der Waals surface area contributed by atoms with Crippen LogP contribution in [0.3, 0.4) is 0 Å². The Morgan fingerprint density at radius 3 is 2.75 bits per heavy atom. The summed E-state index contributed by atoms with van der Waals surface area (Å²) in [4.78, 5) is 0. The van der Waals surface area contributed by atoms with Crippen LogP contribution in [0, 0.1) is 0 Å². The van der Waals surface area contributed by atoms with Crippen LogP contribution in [0.1, 0.15) is 0 Å². The van der Waals surface area contributed by atoms with Crippen LogP contribution in [0.2, 0.25) is 0 Å². The number of rotatable bonds is 1. The lowest BCUT2D eigenvalue weighted by atomic mass is 10.9. The molecule has 1 rings (SSSR count). The first kappa shape index (κ1) is 5.84. The van der Waals surface area contributed by atoms with Crippen LogP contribution in [0.5, 0.6) is 0 Å². The third-order valence-electron chi connectivity index (χ3n) is 0.675. The first-order valence-electron chi connectivity index (χ1n) is 1.96. The minimum Gasteiger partial charge on any atom is -0.387 e. The van der Waals surface area contributed by atoms with Gasteiger partial charge in [-0.05, 0) is 6.26 Å². The maximum absolute atomic E-state index is 5.42. The number of nitrogens with zero attached hydrogens (tertiary/aromatic N) is 2. The Hall–Kier alpha value is -0.290. The largest absolute Gasteiger partial charge is 0.387 e. The van der Waals surface area contributed by atoms with Crippen LogP contribution in [-0.4, -0.2) is 15.8 Å². The lowest BCUT2D eigenvalue weighted by molar-refractivity contribution is 1.04. The lowest BCUT2D eigenvalue weighted by Gasteiger charge is -1.83. The van der Waals surface area contributed by atoms with Crippen molar-refractivity contribution in [1.29, 1.82) is 0 Å². The first-order valence-corrected chi connectivity index (χ1v) is 3.96. The van der Waals surface area contributed by atoms with Crippen molar-refractivity contribution in [3.8, 4) is 0 Å². The van der Waals surface area contributed by atoms with E-state index < -0.39 is 0 Å². The summed E-state index contributed by atoms with van der Waals surface area (Å²) in [6.45, 7) is 0. The standard InChI is InChI=1S/C3H5N3S2/c1-7-3-2(4)8-6-5-3/h4H2,1H3. The molecule has 0 aliphatic carbocycles. The van der Waals surface area contributed by atoms with E-state index >= 15 is 0 Å². The molecule has 0 radical (unpaired) electrons. The molecule has 0 amide bonds. The van der Waals surface area contributed by atoms with Crippen molar-refractivity contribution in [3.05, 3.63) is 0 Å². The molecular weight excluding hydrogens is 142 g/mol. The van der Waals surface area contributed by atoms with E-state index in [0.717, 1.165) is 5.03 Å². The van der Waals surface area contributed by atoms with Crippen LogP contribution in [0.4, 0.5) is 5.00 Å².